The molecule has 2 aromatic rings. The number of piperazine rings is 1. The molecule has 0 saturated carbocycles. The van der Waals surface area contributed by atoms with Gasteiger partial charge < -0.3 is 5.32 Å². The zero-order valence-electron chi connectivity index (χ0n) is 18.8. The van der Waals surface area contributed by atoms with Crippen LogP contribution in [0.15, 0.2) is 53.4 Å². The predicted molar refractivity (Wildman–Crippen MR) is 126 cm³/mol. The Balaban J connectivity index is 1.30. The first-order chi connectivity index (χ1) is 15.5. The van der Waals surface area contributed by atoms with E-state index in [0.717, 1.165) is 37.7 Å². The number of hydrogen-bond donors (Lipinski definition) is 1. The molecule has 1 atom stereocenters. The summed E-state index contributed by atoms with van der Waals surface area (Å²) in [5, 5.41) is 3.19. The average molecular weight is 456 g/mol. The lowest BCUT2D eigenvalue weighted by molar-refractivity contribution is -0.123. The minimum absolute atomic E-state index is 0.00882. The van der Waals surface area contributed by atoms with Crippen LogP contribution in [0.2, 0.25) is 0 Å². The number of benzene rings is 2. The molecule has 0 radical (unpaired) electrons. The maximum absolute atomic E-state index is 13.0. The standard InChI is InChI=1S/C25H33N3O3S/c1-2-6-20-11-13-22(14-12-20)32(30,31)28-17-15-27(16-18-28)19-25(29)26-24-10-5-8-21-7-3-4-9-23(21)24/h3-4,7,9,11-14,24H,2,5-6,8,10,15-19H2,1H3,(H,26,29)/t24-/m0/s1. The van der Waals surface area contributed by atoms with Gasteiger partial charge in [0.25, 0.3) is 0 Å². The molecule has 0 unspecified atom stereocenters. The monoisotopic (exact) mass is 455 g/mol. The van der Waals surface area contributed by atoms with Crippen LogP contribution in [0.25, 0.3) is 0 Å². The van der Waals surface area contributed by atoms with E-state index in [-0.39, 0.29) is 11.9 Å². The highest BCUT2D eigenvalue weighted by Crippen LogP contribution is 2.29. The molecule has 0 bridgehead atoms. The molecule has 0 spiro atoms. The second-order valence-electron chi connectivity index (χ2n) is 8.79. The predicted octanol–water partition coefficient (Wildman–Crippen LogP) is 3.14. The van der Waals surface area contributed by atoms with Crippen LogP contribution in [0.5, 0.6) is 0 Å². The summed E-state index contributed by atoms with van der Waals surface area (Å²) in [5.74, 6) is 0.00882. The Labute approximate surface area is 191 Å². The summed E-state index contributed by atoms with van der Waals surface area (Å²) in [4.78, 5) is 15.1. The fourth-order valence-corrected chi connectivity index (χ4v) is 6.16. The van der Waals surface area contributed by atoms with Crippen LogP contribution < -0.4 is 5.32 Å². The molecular weight excluding hydrogens is 422 g/mol. The Bertz CT molecular complexity index is 1030. The van der Waals surface area contributed by atoms with Gasteiger partial charge >= 0.3 is 0 Å². The van der Waals surface area contributed by atoms with Crippen molar-refractivity contribution in [1.82, 2.24) is 14.5 Å². The summed E-state index contributed by atoms with van der Waals surface area (Å²) >= 11 is 0. The molecule has 1 aliphatic carbocycles. The van der Waals surface area contributed by atoms with Crippen LogP contribution >= 0.6 is 0 Å². The van der Waals surface area contributed by atoms with Crippen molar-refractivity contribution < 1.29 is 13.2 Å². The first-order valence-corrected chi connectivity index (χ1v) is 13.1. The summed E-state index contributed by atoms with van der Waals surface area (Å²) in [6.07, 6.45) is 5.10. The summed E-state index contributed by atoms with van der Waals surface area (Å²) in [5.41, 5.74) is 3.71. The van der Waals surface area contributed by atoms with Gasteiger partial charge in [-0.25, -0.2) is 8.42 Å². The first kappa shape index (κ1) is 23.0. The largest absolute Gasteiger partial charge is 0.348 e. The summed E-state index contributed by atoms with van der Waals surface area (Å²) in [6.45, 7) is 4.33. The molecule has 172 valence electrons. The Morgan fingerprint density at radius 3 is 2.47 bits per heavy atom. The van der Waals surface area contributed by atoms with Gasteiger partial charge in [-0.3, -0.25) is 9.69 Å². The van der Waals surface area contributed by atoms with Gasteiger partial charge in [0, 0.05) is 26.2 Å². The summed E-state index contributed by atoms with van der Waals surface area (Å²) in [7, 11) is -3.50. The van der Waals surface area contributed by atoms with Crippen molar-refractivity contribution in [3.05, 3.63) is 65.2 Å². The van der Waals surface area contributed by atoms with Crippen molar-refractivity contribution in [1.29, 1.82) is 0 Å². The van der Waals surface area contributed by atoms with Gasteiger partial charge in [-0.2, -0.15) is 4.31 Å². The molecule has 2 aromatic carbocycles. The molecule has 1 N–H and O–H groups in total. The number of nitrogens with zero attached hydrogens (tertiary/aromatic N) is 2. The lowest BCUT2D eigenvalue weighted by Gasteiger charge is -2.34. The van der Waals surface area contributed by atoms with Crippen molar-refractivity contribution in [3.8, 4) is 0 Å². The lowest BCUT2D eigenvalue weighted by Crippen LogP contribution is -2.51. The quantitative estimate of drug-likeness (QED) is 0.696. The summed E-state index contributed by atoms with van der Waals surface area (Å²) in [6, 6.07) is 15.6. The van der Waals surface area contributed by atoms with Gasteiger partial charge in [0.1, 0.15) is 0 Å². The number of carbonyl (C=O) groups is 1. The van der Waals surface area contributed by atoms with E-state index in [4.69, 9.17) is 0 Å². The van der Waals surface area contributed by atoms with Crippen LogP contribution in [-0.2, 0) is 27.7 Å². The minimum Gasteiger partial charge on any atom is -0.348 e. The van der Waals surface area contributed by atoms with Crippen LogP contribution in [0.4, 0.5) is 0 Å². The SMILES string of the molecule is CCCc1ccc(S(=O)(=O)N2CCN(CC(=O)N[C@H]3CCCc4ccccc43)CC2)cc1. The van der Waals surface area contributed by atoms with E-state index in [2.05, 4.69) is 30.4 Å². The highest BCUT2D eigenvalue weighted by molar-refractivity contribution is 7.89. The van der Waals surface area contributed by atoms with Crippen molar-refractivity contribution in [2.75, 3.05) is 32.7 Å². The normalized spacial score (nSPS) is 20.0. The molecule has 32 heavy (non-hydrogen) atoms. The van der Waals surface area contributed by atoms with Gasteiger partial charge in [-0.05, 0) is 54.5 Å². The number of amides is 1. The molecule has 6 nitrogen and oxygen atoms in total. The minimum atomic E-state index is -3.50. The Hall–Kier alpha value is -2.22. The number of rotatable bonds is 7. The highest BCUT2D eigenvalue weighted by atomic mass is 32.2. The van der Waals surface area contributed by atoms with Crippen molar-refractivity contribution >= 4 is 15.9 Å². The van der Waals surface area contributed by atoms with Gasteiger partial charge in [0.05, 0.1) is 17.5 Å². The molecule has 1 aliphatic heterocycles. The van der Waals surface area contributed by atoms with E-state index in [0.29, 0.717) is 37.6 Å². The molecule has 0 aromatic heterocycles. The molecule has 2 aliphatic rings. The Kier molecular flexibility index (Phi) is 7.28. The molecule has 1 amide bonds. The smallest absolute Gasteiger partial charge is 0.243 e. The van der Waals surface area contributed by atoms with Crippen LogP contribution in [0.3, 0.4) is 0 Å². The topological polar surface area (TPSA) is 69.7 Å². The van der Waals surface area contributed by atoms with Crippen LogP contribution in [-0.4, -0.2) is 56.3 Å². The molecular formula is C25H33N3O3S. The zero-order valence-corrected chi connectivity index (χ0v) is 19.6. The van der Waals surface area contributed by atoms with E-state index in [1.165, 1.54) is 15.4 Å². The third-order valence-corrected chi connectivity index (χ3v) is 8.42. The van der Waals surface area contributed by atoms with E-state index < -0.39 is 10.0 Å². The number of nitrogens with one attached hydrogen (secondary N) is 1. The average Bonchev–Trinajstić information content (AvgIpc) is 2.80. The molecule has 1 saturated heterocycles. The molecule has 1 fully saturated rings. The third kappa shape index (κ3) is 5.22. The van der Waals surface area contributed by atoms with E-state index >= 15 is 0 Å². The maximum atomic E-state index is 13.0. The second kappa shape index (κ2) is 10.1. The Morgan fingerprint density at radius 2 is 1.75 bits per heavy atom. The van der Waals surface area contributed by atoms with Crippen molar-refractivity contribution in [2.45, 2.75) is 50.0 Å². The van der Waals surface area contributed by atoms with Gasteiger partial charge in [0.15, 0.2) is 0 Å². The highest BCUT2D eigenvalue weighted by Gasteiger charge is 2.29. The van der Waals surface area contributed by atoms with E-state index in [1.807, 2.05) is 23.1 Å². The van der Waals surface area contributed by atoms with Crippen LogP contribution in [0, 0.1) is 0 Å². The molecule has 7 heteroatoms. The van der Waals surface area contributed by atoms with Gasteiger partial charge in [0.2, 0.25) is 15.9 Å². The third-order valence-electron chi connectivity index (χ3n) is 6.50. The number of aryl methyl sites for hydroxylation is 2. The first-order valence-electron chi connectivity index (χ1n) is 11.7. The van der Waals surface area contributed by atoms with Crippen molar-refractivity contribution in [3.63, 3.8) is 0 Å². The number of sulfonamides is 1. The van der Waals surface area contributed by atoms with E-state index in [9.17, 15) is 13.2 Å². The van der Waals surface area contributed by atoms with Gasteiger partial charge in [-0.15, -0.1) is 0 Å². The van der Waals surface area contributed by atoms with Gasteiger partial charge in [-0.1, -0.05) is 49.7 Å². The fraction of sp³-hybridized carbons (Fsp3) is 0.480. The number of fused-ring (bicyclic) bond motifs is 1. The van der Waals surface area contributed by atoms with E-state index in [1.54, 1.807) is 12.1 Å². The fourth-order valence-electron chi connectivity index (χ4n) is 4.74. The Morgan fingerprint density at radius 1 is 1.03 bits per heavy atom. The molecule has 4 rings (SSSR count). The number of carbonyl (C=O) groups excluding carboxylic acids is 1. The van der Waals surface area contributed by atoms with Crippen LogP contribution in [0.1, 0.15) is 48.9 Å². The summed E-state index contributed by atoms with van der Waals surface area (Å²) < 4.78 is 27.5. The second-order valence-corrected chi connectivity index (χ2v) is 10.7. The molecule has 1 heterocycles. The number of hydrogen-bond acceptors (Lipinski definition) is 4. The maximum Gasteiger partial charge on any atom is 0.243 e. The lowest BCUT2D eigenvalue weighted by atomic mass is 9.88. The van der Waals surface area contributed by atoms with Crippen molar-refractivity contribution in [2.24, 2.45) is 0 Å². The zero-order chi connectivity index (χ0) is 22.6.